The Morgan fingerprint density at radius 3 is 2.26 bits per heavy atom. The van der Waals surface area contributed by atoms with Gasteiger partial charge in [0, 0.05) is 19.4 Å². The van der Waals surface area contributed by atoms with E-state index in [1.165, 1.54) is 7.11 Å². The average Bonchev–Trinajstić information content (AvgIpc) is 3.41. The number of carbonyl (C=O) groups excluding carboxylic acids is 4. The molecule has 2 aliphatic carbocycles. The van der Waals surface area contributed by atoms with Crippen molar-refractivity contribution in [2.75, 3.05) is 13.7 Å². The Bertz CT molecular complexity index is 917. The van der Waals surface area contributed by atoms with Gasteiger partial charge < -0.3 is 30.5 Å². The SMILES string of the molecule is COC(C)C[C@H](NC(=O)[C@@H](C)NC(=O)C1CCC(C)(O)CC1)C(=O)N[C@@H](CC1=CCCC1)C(=O)[C@@]1(C)CO1. The van der Waals surface area contributed by atoms with Crippen LogP contribution in [-0.4, -0.2) is 77.8 Å². The molecule has 0 radical (unpaired) electrons. The van der Waals surface area contributed by atoms with Crippen molar-refractivity contribution in [3.05, 3.63) is 11.6 Å². The summed E-state index contributed by atoms with van der Waals surface area (Å²) >= 11 is 0. The number of allylic oxidation sites excluding steroid dienone is 1. The molecule has 3 rings (SSSR count). The number of ether oxygens (including phenoxy) is 2. The smallest absolute Gasteiger partial charge is 0.243 e. The molecule has 0 bridgehead atoms. The lowest BCUT2D eigenvalue weighted by Crippen LogP contribution is -2.57. The summed E-state index contributed by atoms with van der Waals surface area (Å²) in [5, 5.41) is 18.5. The molecule has 4 N–H and O–H groups in total. The molecule has 0 aromatic heterocycles. The molecule has 2 fully saturated rings. The Morgan fingerprint density at radius 2 is 1.71 bits per heavy atom. The van der Waals surface area contributed by atoms with E-state index in [-0.39, 0.29) is 30.1 Å². The number of hydrogen-bond donors (Lipinski definition) is 4. The Labute approximate surface area is 225 Å². The summed E-state index contributed by atoms with van der Waals surface area (Å²) in [6.07, 6.45) is 7.47. The molecule has 1 unspecified atom stereocenters. The van der Waals surface area contributed by atoms with Gasteiger partial charge in [-0.25, -0.2) is 0 Å². The van der Waals surface area contributed by atoms with E-state index in [0.717, 1.165) is 24.8 Å². The van der Waals surface area contributed by atoms with Crippen LogP contribution in [0.1, 0.15) is 85.5 Å². The minimum absolute atomic E-state index is 0.171. The Kier molecular flexibility index (Phi) is 10.1. The van der Waals surface area contributed by atoms with Crippen molar-refractivity contribution in [1.82, 2.24) is 16.0 Å². The standard InChI is InChI=1S/C28H45N3O7/c1-17(37-5)14-22(31-24(33)18(2)29-25(34)20-10-12-27(3,36)13-11-20)26(35)30-21(15-19-8-6-7-9-19)23(32)28(4)16-38-28/h8,17-18,20-22,36H,6-7,9-16H2,1-5H3,(H,29,34)(H,30,35)(H,31,33)/t17?,18-,20?,21+,22+,27?,28-/m1/s1. The molecule has 5 atom stereocenters. The van der Waals surface area contributed by atoms with Crippen LogP contribution in [0.2, 0.25) is 0 Å². The van der Waals surface area contributed by atoms with E-state index in [0.29, 0.717) is 38.7 Å². The average molecular weight is 536 g/mol. The first-order chi connectivity index (χ1) is 17.8. The third-order valence-corrected chi connectivity index (χ3v) is 8.12. The summed E-state index contributed by atoms with van der Waals surface area (Å²) in [6.45, 7) is 7.19. The zero-order chi connectivity index (χ0) is 28.1. The highest BCUT2D eigenvalue weighted by molar-refractivity contribution is 5.98. The van der Waals surface area contributed by atoms with Gasteiger partial charge in [-0.05, 0) is 79.1 Å². The van der Waals surface area contributed by atoms with E-state index in [9.17, 15) is 24.3 Å². The third kappa shape index (κ3) is 8.35. The number of amides is 3. The van der Waals surface area contributed by atoms with E-state index in [2.05, 4.69) is 22.0 Å². The molecule has 10 nitrogen and oxygen atoms in total. The maximum Gasteiger partial charge on any atom is 0.243 e. The van der Waals surface area contributed by atoms with Crippen LogP contribution in [0.5, 0.6) is 0 Å². The number of methoxy groups -OCH3 is 1. The number of ketones is 1. The summed E-state index contributed by atoms with van der Waals surface area (Å²) < 4.78 is 10.7. The second kappa shape index (κ2) is 12.7. The summed E-state index contributed by atoms with van der Waals surface area (Å²) in [6, 6.07) is -2.57. The molecule has 1 aliphatic heterocycles. The van der Waals surface area contributed by atoms with Gasteiger partial charge in [0.15, 0.2) is 5.78 Å². The van der Waals surface area contributed by atoms with Crippen molar-refractivity contribution in [2.45, 2.75) is 121 Å². The van der Waals surface area contributed by atoms with Crippen molar-refractivity contribution >= 4 is 23.5 Å². The first-order valence-electron chi connectivity index (χ1n) is 13.9. The van der Waals surface area contributed by atoms with Crippen LogP contribution in [0.25, 0.3) is 0 Å². The first kappa shape index (κ1) is 30.2. The molecule has 3 amide bonds. The summed E-state index contributed by atoms with van der Waals surface area (Å²) in [5.41, 5.74) is -0.505. The molecular formula is C28H45N3O7. The van der Waals surface area contributed by atoms with E-state index < -0.39 is 41.1 Å². The molecule has 0 spiro atoms. The van der Waals surface area contributed by atoms with Gasteiger partial charge >= 0.3 is 0 Å². The summed E-state index contributed by atoms with van der Waals surface area (Å²) in [5.74, 6) is -1.64. The zero-order valence-electron chi connectivity index (χ0n) is 23.4. The largest absolute Gasteiger partial charge is 0.390 e. The van der Waals surface area contributed by atoms with Crippen molar-refractivity contribution in [1.29, 1.82) is 0 Å². The summed E-state index contributed by atoms with van der Waals surface area (Å²) in [7, 11) is 1.52. The molecule has 214 valence electrons. The van der Waals surface area contributed by atoms with Gasteiger partial charge in [0.25, 0.3) is 0 Å². The fourth-order valence-electron chi connectivity index (χ4n) is 5.14. The number of hydrogen-bond acceptors (Lipinski definition) is 7. The fraction of sp³-hybridized carbons (Fsp3) is 0.786. The Morgan fingerprint density at radius 1 is 1.08 bits per heavy atom. The van der Waals surface area contributed by atoms with Crippen LogP contribution in [0.15, 0.2) is 11.6 Å². The van der Waals surface area contributed by atoms with Gasteiger partial charge in [0.1, 0.15) is 17.7 Å². The number of nitrogens with one attached hydrogen (secondary N) is 3. The number of aliphatic hydroxyl groups is 1. The lowest BCUT2D eigenvalue weighted by molar-refractivity contribution is -0.135. The number of rotatable bonds is 13. The van der Waals surface area contributed by atoms with Gasteiger partial charge in [-0.2, -0.15) is 0 Å². The lowest BCUT2D eigenvalue weighted by atomic mass is 9.79. The zero-order valence-corrected chi connectivity index (χ0v) is 23.4. The predicted octanol–water partition coefficient (Wildman–Crippen LogP) is 1.69. The van der Waals surface area contributed by atoms with Crippen molar-refractivity contribution in [3.8, 4) is 0 Å². The molecule has 10 heteroatoms. The molecular weight excluding hydrogens is 490 g/mol. The van der Waals surface area contributed by atoms with Crippen molar-refractivity contribution in [3.63, 3.8) is 0 Å². The minimum atomic E-state index is -0.956. The number of carbonyl (C=O) groups is 4. The number of Topliss-reactive ketones (excluding diaryl/α,β-unsaturated/α-hetero) is 1. The molecule has 1 saturated carbocycles. The minimum Gasteiger partial charge on any atom is -0.390 e. The van der Waals surface area contributed by atoms with E-state index in [4.69, 9.17) is 9.47 Å². The highest BCUT2D eigenvalue weighted by Gasteiger charge is 2.50. The highest BCUT2D eigenvalue weighted by atomic mass is 16.6. The molecule has 1 heterocycles. The first-order valence-corrected chi connectivity index (χ1v) is 13.9. The number of epoxide rings is 1. The second-order valence-electron chi connectivity index (χ2n) is 11.7. The van der Waals surface area contributed by atoms with Crippen molar-refractivity contribution in [2.24, 2.45) is 5.92 Å². The van der Waals surface area contributed by atoms with E-state index in [1.807, 2.05) is 0 Å². The van der Waals surface area contributed by atoms with Crippen molar-refractivity contribution < 1.29 is 33.8 Å². The van der Waals surface area contributed by atoms with Crippen LogP contribution in [0.3, 0.4) is 0 Å². The lowest BCUT2D eigenvalue weighted by Gasteiger charge is -2.32. The van der Waals surface area contributed by atoms with Gasteiger partial charge in [-0.1, -0.05) is 11.6 Å². The summed E-state index contributed by atoms with van der Waals surface area (Å²) in [4.78, 5) is 52.3. The fourth-order valence-corrected chi connectivity index (χ4v) is 5.14. The van der Waals surface area contributed by atoms with Gasteiger partial charge in [0.05, 0.1) is 24.4 Å². The molecule has 1 saturated heterocycles. The molecule has 38 heavy (non-hydrogen) atoms. The van der Waals surface area contributed by atoms with Gasteiger partial charge in [0.2, 0.25) is 17.7 Å². The van der Waals surface area contributed by atoms with Gasteiger partial charge in [-0.15, -0.1) is 0 Å². The third-order valence-electron chi connectivity index (χ3n) is 8.12. The normalized spacial score (nSPS) is 29.8. The Balaban J connectivity index is 1.63. The van der Waals surface area contributed by atoms with Crippen LogP contribution < -0.4 is 16.0 Å². The molecule has 3 aliphatic rings. The van der Waals surface area contributed by atoms with Crippen LogP contribution in [0.4, 0.5) is 0 Å². The Hall–Kier alpha value is -2.30. The molecule has 0 aromatic rings. The van der Waals surface area contributed by atoms with Crippen LogP contribution >= 0.6 is 0 Å². The van der Waals surface area contributed by atoms with E-state index in [1.54, 1.807) is 27.7 Å². The monoisotopic (exact) mass is 535 g/mol. The topological polar surface area (TPSA) is 146 Å². The highest BCUT2D eigenvalue weighted by Crippen LogP contribution is 2.32. The quantitative estimate of drug-likeness (QED) is 0.207. The predicted molar refractivity (Wildman–Crippen MR) is 141 cm³/mol. The van der Waals surface area contributed by atoms with Crippen LogP contribution in [-0.2, 0) is 28.7 Å². The van der Waals surface area contributed by atoms with Gasteiger partial charge in [-0.3, -0.25) is 19.2 Å². The molecule has 0 aromatic carbocycles. The maximum absolute atomic E-state index is 13.4. The van der Waals surface area contributed by atoms with Crippen LogP contribution in [0, 0.1) is 5.92 Å². The van der Waals surface area contributed by atoms with E-state index >= 15 is 0 Å². The maximum atomic E-state index is 13.4. The second-order valence-corrected chi connectivity index (χ2v) is 11.7.